The van der Waals surface area contributed by atoms with Crippen LogP contribution < -0.4 is 0 Å². The second-order valence-corrected chi connectivity index (χ2v) is 6.76. The van der Waals surface area contributed by atoms with Crippen LogP contribution in [0.4, 0.5) is 0 Å². The van der Waals surface area contributed by atoms with Gasteiger partial charge in [-0.05, 0) is 47.4 Å². The van der Waals surface area contributed by atoms with Gasteiger partial charge in [0.05, 0.1) is 12.1 Å². The van der Waals surface area contributed by atoms with Crippen molar-refractivity contribution in [1.82, 2.24) is 14.5 Å². The number of carboxylic acid groups (broad SMARTS) is 1. The molecule has 5 nitrogen and oxygen atoms in total. The van der Waals surface area contributed by atoms with Gasteiger partial charge in [0.25, 0.3) is 0 Å². The Hall–Kier alpha value is -3.73. The summed E-state index contributed by atoms with van der Waals surface area (Å²) in [5.74, 6) is -0.0474. The smallest absolute Gasteiger partial charge is 0.336 e. The molecule has 0 unspecified atom stereocenters. The number of nitrogens with zero attached hydrogens (tertiary/aromatic N) is 3. The average molecular weight is 383 g/mol. The normalized spacial score (nSPS) is 11.3. The first-order valence-corrected chi connectivity index (χ1v) is 9.57. The highest BCUT2D eigenvalue weighted by Gasteiger charge is 2.12. The van der Waals surface area contributed by atoms with Crippen LogP contribution in [0.25, 0.3) is 28.4 Å². The van der Waals surface area contributed by atoms with E-state index in [2.05, 4.69) is 22.6 Å². The van der Waals surface area contributed by atoms with Gasteiger partial charge in [-0.25, -0.2) is 14.8 Å². The van der Waals surface area contributed by atoms with Crippen LogP contribution in [0.2, 0.25) is 0 Å². The molecule has 0 amide bonds. The third-order valence-electron chi connectivity index (χ3n) is 4.80. The van der Waals surface area contributed by atoms with Crippen molar-refractivity contribution in [3.8, 4) is 11.1 Å². The second kappa shape index (κ2) is 8.10. The summed E-state index contributed by atoms with van der Waals surface area (Å²) >= 11 is 0. The van der Waals surface area contributed by atoms with Crippen LogP contribution in [0.5, 0.6) is 0 Å². The van der Waals surface area contributed by atoms with E-state index in [0.29, 0.717) is 17.7 Å². The zero-order valence-electron chi connectivity index (χ0n) is 16.1. The monoisotopic (exact) mass is 383 g/mol. The number of pyridine rings is 1. The summed E-state index contributed by atoms with van der Waals surface area (Å²) in [7, 11) is 0. The van der Waals surface area contributed by atoms with Gasteiger partial charge < -0.3 is 9.67 Å². The minimum absolute atomic E-state index is 0.303. The molecule has 5 heteroatoms. The topological polar surface area (TPSA) is 68.0 Å². The number of aromatic carboxylic acids is 1. The molecule has 144 valence electrons. The summed E-state index contributed by atoms with van der Waals surface area (Å²) in [4.78, 5) is 20.7. The lowest BCUT2D eigenvalue weighted by Crippen LogP contribution is -2.03. The van der Waals surface area contributed by atoms with E-state index < -0.39 is 5.97 Å². The first kappa shape index (κ1) is 18.6. The first-order valence-electron chi connectivity index (χ1n) is 9.57. The van der Waals surface area contributed by atoms with Gasteiger partial charge >= 0.3 is 5.97 Å². The molecule has 4 rings (SSSR count). The highest BCUT2D eigenvalue weighted by Crippen LogP contribution is 2.25. The van der Waals surface area contributed by atoms with Crippen LogP contribution in [0, 0.1) is 0 Å². The highest BCUT2D eigenvalue weighted by atomic mass is 16.4. The lowest BCUT2D eigenvalue weighted by Gasteiger charge is -2.09. The SMILES string of the molecule is CC/C=C/c1nc2cccnc2n1Cc1ccc(-c2ccccc2C(=O)O)cc1. The molecular weight excluding hydrogens is 362 g/mol. The van der Waals surface area contributed by atoms with Gasteiger partial charge in [0.1, 0.15) is 11.3 Å². The maximum atomic E-state index is 11.5. The van der Waals surface area contributed by atoms with Gasteiger partial charge in [0.15, 0.2) is 5.65 Å². The van der Waals surface area contributed by atoms with Gasteiger partial charge in [-0.1, -0.05) is 55.5 Å². The molecule has 0 bridgehead atoms. The minimum Gasteiger partial charge on any atom is -0.478 e. The molecule has 4 aromatic rings. The second-order valence-electron chi connectivity index (χ2n) is 6.76. The Labute approximate surface area is 169 Å². The quantitative estimate of drug-likeness (QED) is 0.493. The summed E-state index contributed by atoms with van der Waals surface area (Å²) in [6, 6.07) is 18.9. The maximum Gasteiger partial charge on any atom is 0.336 e. The Morgan fingerprint density at radius 2 is 1.86 bits per heavy atom. The van der Waals surface area contributed by atoms with Crippen molar-refractivity contribution in [2.24, 2.45) is 0 Å². The van der Waals surface area contributed by atoms with E-state index in [9.17, 15) is 9.90 Å². The Morgan fingerprint density at radius 1 is 1.07 bits per heavy atom. The molecule has 1 N–H and O–H groups in total. The molecule has 0 spiro atoms. The van der Waals surface area contributed by atoms with Gasteiger partial charge in [0, 0.05) is 6.20 Å². The summed E-state index contributed by atoms with van der Waals surface area (Å²) in [5.41, 5.74) is 4.72. The van der Waals surface area contributed by atoms with Crippen molar-refractivity contribution in [2.45, 2.75) is 19.9 Å². The zero-order chi connectivity index (χ0) is 20.2. The fourth-order valence-corrected chi connectivity index (χ4v) is 3.38. The molecule has 0 aliphatic heterocycles. The number of rotatable bonds is 6. The Bertz CT molecular complexity index is 1190. The van der Waals surface area contributed by atoms with Crippen molar-refractivity contribution in [3.05, 3.63) is 89.9 Å². The number of carbonyl (C=O) groups is 1. The third kappa shape index (κ3) is 3.80. The van der Waals surface area contributed by atoms with Crippen molar-refractivity contribution < 1.29 is 9.90 Å². The summed E-state index contributed by atoms with van der Waals surface area (Å²) in [6.07, 6.45) is 6.83. The van der Waals surface area contributed by atoms with Crippen LogP contribution in [0.15, 0.2) is 72.9 Å². The maximum absolute atomic E-state index is 11.5. The number of allylic oxidation sites excluding steroid dienone is 1. The van der Waals surface area contributed by atoms with Gasteiger partial charge in [-0.15, -0.1) is 0 Å². The van der Waals surface area contributed by atoms with E-state index >= 15 is 0 Å². The Balaban J connectivity index is 1.68. The van der Waals surface area contributed by atoms with Crippen LogP contribution in [0.1, 0.15) is 35.1 Å². The summed E-state index contributed by atoms with van der Waals surface area (Å²) < 4.78 is 2.10. The zero-order valence-corrected chi connectivity index (χ0v) is 16.1. The fraction of sp³-hybridized carbons (Fsp3) is 0.125. The molecule has 0 aliphatic rings. The van der Waals surface area contributed by atoms with E-state index in [4.69, 9.17) is 4.98 Å². The number of hydrogen-bond donors (Lipinski definition) is 1. The molecule has 0 atom stereocenters. The van der Waals surface area contributed by atoms with Crippen LogP contribution in [-0.4, -0.2) is 25.6 Å². The number of aromatic nitrogens is 3. The molecule has 0 radical (unpaired) electrons. The van der Waals surface area contributed by atoms with Crippen LogP contribution in [-0.2, 0) is 6.54 Å². The molecule has 2 heterocycles. The lowest BCUT2D eigenvalue weighted by molar-refractivity contribution is 0.0697. The van der Waals surface area contributed by atoms with E-state index in [0.717, 1.165) is 34.5 Å². The average Bonchev–Trinajstić information content (AvgIpc) is 3.10. The molecule has 0 saturated heterocycles. The predicted molar refractivity (Wildman–Crippen MR) is 115 cm³/mol. The van der Waals surface area contributed by atoms with E-state index in [1.165, 1.54) is 0 Å². The molecule has 0 fully saturated rings. The molecular formula is C24H21N3O2. The lowest BCUT2D eigenvalue weighted by atomic mass is 9.99. The number of imidazole rings is 1. The number of carboxylic acids is 1. The Kier molecular flexibility index (Phi) is 5.20. The Morgan fingerprint density at radius 3 is 2.62 bits per heavy atom. The van der Waals surface area contributed by atoms with Crippen molar-refractivity contribution in [3.63, 3.8) is 0 Å². The van der Waals surface area contributed by atoms with Crippen molar-refractivity contribution in [2.75, 3.05) is 0 Å². The van der Waals surface area contributed by atoms with E-state index in [-0.39, 0.29) is 0 Å². The number of hydrogen-bond acceptors (Lipinski definition) is 3. The number of benzene rings is 2. The van der Waals surface area contributed by atoms with Crippen LogP contribution >= 0.6 is 0 Å². The third-order valence-corrected chi connectivity index (χ3v) is 4.80. The summed E-state index contributed by atoms with van der Waals surface area (Å²) in [6.45, 7) is 2.73. The van der Waals surface area contributed by atoms with E-state index in [1.54, 1.807) is 18.3 Å². The minimum atomic E-state index is -0.923. The predicted octanol–water partition coefficient (Wildman–Crippen LogP) is 5.27. The fourth-order valence-electron chi connectivity index (χ4n) is 3.38. The van der Waals surface area contributed by atoms with Gasteiger partial charge in [-0.3, -0.25) is 0 Å². The molecule has 0 saturated carbocycles. The number of fused-ring (bicyclic) bond motifs is 1. The molecule has 29 heavy (non-hydrogen) atoms. The van der Waals surface area contributed by atoms with Crippen LogP contribution in [0.3, 0.4) is 0 Å². The van der Waals surface area contributed by atoms with Gasteiger partial charge in [-0.2, -0.15) is 0 Å². The van der Waals surface area contributed by atoms with Gasteiger partial charge in [0.2, 0.25) is 0 Å². The van der Waals surface area contributed by atoms with Crippen molar-refractivity contribution in [1.29, 1.82) is 0 Å². The highest BCUT2D eigenvalue weighted by molar-refractivity contribution is 5.96. The molecule has 2 aromatic heterocycles. The van der Waals surface area contributed by atoms with Crippen molar-refractivity contribution >= 4 is 23.2 Å². The first-order chi connectivity index (χ1) is 14.2. The molecule has 2 aromatic carbocycles. The summed E-state index contributed by atoms with van der Waals surface area (Å²) in [5, 5.41) is 9.43. The van der Waals surface area contributed by atoms with E-state index in [1.807, 2.05) is 54.6 Å². The largest absolute Gasteiger partial charge is 0.478 e. The standard InChI is InChI=1S/C24H21N3O2/c1-2-3-10-22-26-21-9-6-15-25-23(21)27(22)16-17-11-13-18(14-12-17)19-7-4-5-8-20(19)24(28)29/h3-15H,2,16H2,1H3,(H,28,29)/b10-3+. The molecule has 0 aliphatic carbocycles.